The molecule has 1 saturated carbocycles. The number of aromatic amines is 1. The number of carbonyl (C=O) groups is 1. The van der Waals surface area contributed by atoms with Gasteiger partial charge in [0.2, 0.25) is 5.91 Å². The zero-order valence-electron chi connectivity index (χ0n) is 7.34. The van der Waals surface area contributed by atoms with Gasteiger partial charge in [0.15, 0.2) is 0 Å². The molecule has 4 nitrogen and oxygen atoms in total. The Morgan fingerprint density at radius 1 is 1.62 bits per heavy atom. The molecule has 1 heterocycles. The number of H-pyrrole nitrogens is 1. The first-order chi connectivity index (χ1) is 6.29. The number of nitrogens with one attached hydrogen (secondary N) is 2. The number of rotatable bonds is 2. The Morgan fingerprint density at radius 3 is 2.77 bits per heavy atom. The van der Waals surface area contributed by atoms with Crippen LogP contribution < -0.4 is 11.3 Å². The van der Waals surface area contributed by atoms with E-state index in [0.717, 1.165) is 24.8 Å². The lowest BCUT2D eigenvalue weighted by Gasteiger charge is -2.39. The third-order valence-electron chi connectivity index (χ3n) is 2.92. The van der Waals surface area contributed by atoms with Crippen LogP contribution in [0.4, 0.5) is 0 Å². The Labute approximate surface area is 76.5 Å². The van der Waals surface area contributed by atoms with Crippen LogP contribution in [0.2, 0.25) is 0 Å². The molecule has 1 aliphatic rings. The molecule has 0 aliphatic heterocycles. The molecule has 1 amide bonds. The van der Waals surface area contributed by atoms with Gasteiger partial charge in [0.05, 0.1) is 5.41 Å². The van der Waals surface area contributed by atoms with Crippen molar-refractivity contribution in [1.29, 1.82) is 0 Å². The van der Waals surface area contributed by atoms with Gasteiger partial charge in [-0.2, -0.15) is 0 Å². The molecule has 0 atom stereocenters. The van der Waals surface area contributed by atoms with Gasteiger partial charge >= 0.3 is 0 Å². The Bertz CT molecular complexity index is 301. The summed E-state index contributed by atoms with van der Waals surface area (Å²) in [5.74, 6) is 5.09. The van der Waals surface area contributed by atoms with Gasteiger partial charge < -0.3 is 4.98 Å². The van der Waals surface area contributed by atoms with Crippen molar-refractivity contribution >= 4 is 5.91 Å². The number of hydrazine groups is 1. The molecule has 0 saturated heterocycles. The summed E-state index contributed by atoms with van der Waals surface area (Å²) in [7, 11) is 0. The molecular formula is C9H13N3O. The molecule has 4 heteroatoms. The lowest BCUT2D eigenvalue weighted by molar-refractivity contribution is -0.130. The van der Waals surface area contributed by atoms with Crippen LogP contribution in [0.1, 0.15) is 24.8 Å². The summed E-state index contributed by atoms with van der Waals surface area (Å²) in [6, 6.07) is 1.94. The Hall–Kier alpha value is -1.29. The molecule has 0 bridgehead atoms. The second kappa shape index (κ2) is 2.88. The molecule has 0 radical (unpaired) electrons. The summed E-state index contributed by atoms with van der Waals surface area (Å²) in [6.07, 6.45) is 6.59. The van der Waals surface area contributed by atoms with Gasteiger partial charge in [0.1, 0.15) is 0 Å². The highest BCUT2D eigenvalue weighted by Crippen LogP contribution is 2.43. The minimum absolute atomic E-state index is 0.0710. The monoisotopic (exact) mass is 179 g/mol. The average Bonchev–Trinajstić information content (AvgIpc) is 2.55. The third-order valence-corrected chi connectivity index (χ3v) is 2.92. The normalized spacial score (nSPS) is 19.2. The van der Waals surface area contributed by atoms with E-state index in [1.807, 2.05) is 18.5 Å². The topological polar surface area (TPSA) is 70.9 Å². The van der Waals surface area contributed by atoms with Gasteiger partial charge in [0, 0.05) is 12.4 Å². The van der Waals surface area contributed by atoms with Gasteiger partial charge in [-0.25, -0.2) is 5.84 Å². The Balaban J connectivity index is 2.31. The Kier molecular flexibility index (Phi) is 1.84. The van der Waals surface area contributed by atoms with Crippen LogP contribution in [0.25, 0.3) is 0 Å². The number of nitrogens with two attached hydrogens (primary N) is 1. The van der Waals surface area contributed by atoms with Gasteiger partial charge in [0.25, 0.3) is 0 Å². The maximum Gasteiger partial charge on any atom is 0.244 e. The minimum atomic E-state index is -0.352. The summed E-state index contributed by atoms with van der Waals surface area (Å²) >= 11 is 0. The van der Waals surface area contributed by atoms with Crippen molar-refractivity contribution in [2.75, 3.05) is 0 Å². The van der Waals surface area contributed by atoms with Crippen molar-refractivity contribution < 1.29 is 4.79 Å². The van der Waals surface area contributed by atoms with E-state index in [-0.39, 0.29) is 11.3 Å². The molecule has 2 rings (SSSR count). The van der Waals surface area contributed by atoms with E-state index in [9.17, 15) is 4.79 Å². The van der Waals surface area contributed by atoms with Crippen molar-refractivity contribution in [3.05, 3.63) is 24.0 Å². The van der Waals surface area contributed by atoms with E-state index in [1.165, 1.54) is 0 Å². The maximum absolute atomic E-state index is 11.6. The summed E-state index contributed by atoms with van der Waals surface area (Å²) in [5, 5.41) is 0. The molecule has 13 heavy (non-hydrogen) atoms. The molecule has 0 unspecified atom stereocenters. The summed E-state index contributed by atoms with van der Waals surface area (Å²) in [5.41, 5.74) is 2.93. The van der Waals surface area contributed by atoms with Gasteiger partial charge in [-0.15, -0.1) is 0 Å². The maximum atomic E-state index is 11.6. The quantitative estimate of drug-likeness (QED) is 0.350. The van der Waals surface area contributed by atoms with Crippen molar-refractivity contribution in [1.82, 2.24) is 10.4 Å². The fourth-order valence-electron chi connectivity index (χ4n) is 1.94. The molecule has 1 fully saturated rings. The summed E-state index contributed by atoms with van der Waals surface area (Å²) in [4.78, 5) is 14.5. The molecule has 70 valence electrons. The van der Waals surface area contributed by atoms with E-state index >= 15 is 0 Å². The van der Waals surface area contributed by atoms with Gasteiger partial charge in [-0.1, -0.05) is 6.42 Å². The minimum Gasteiger partial charge on any atom is -0.367 e. The highest BCUT2D eigenvalue weighted by molar-refractivity contribution is 5.88. The highest BCUT2D eigenvalue weighted by Gasteiger charge is 2.45. The van der Waals surface area contributed by atoms with E-state index in [2.05, 4.69) is 10.4 Å². The molecule has 1 aromatic heterocycles. The van der Waals surface area contributed by atoms with E-state index in [4.69, 9.17) is 5.84 Å². The zero-order valence-corrected chi connectivity index (χ0v) is 7.34. The molecule has 1 aliphatic carbocycles. The number of hydrogen-bond donors (Lipinski definition) is 3. The number of amides is 1. The average molecular weight is 179 g/mol. The van der Waals surface area contributed by atoms with E-state index in [0.29, 0.717) is 0 Å². The van der Waals surface area contributed by atoms with Crippen LogP contribution in [0, 0.1) is 0 Å². The largest absolute Gasteiger partial charge is 0.367 e. The molecule has 4 N–H and O–H groups in total. The van der Waals surface area contributed by atoms with E-state index < -0.39 is 0 Å². The SMILES string of the molecule is NNC(=O)C1(c2cc[nH]c2)CCC1. The smallest absolute Gasteiger partial charge is 0.244 e. The summed E-state index contributed by atoms with van der Waals surface area (Å²) < 4.78 is 0. The van der Waals surface area contributed by atoms with Crippen molar-refractivity contribution in [3.63, 3.8) is 0 Å². The fourth-order valence-corrected chi connectivity index (χ4v) is 1.94. The Morgan fingerprint density at radius 2 is 2.38 bits per heavy atom. The lowest BCUT2D eigenvalue weighted by atomic mass is 9.64. The van der Waals surface area contributed by atoms with Crippen LogP contribution in [-0.2, 0) is 10.2 Å². The van der Waals surface area contributed by atoms with Crippen LogP contribution in [0.3, 0.4) is 0 Å². The standard InChI is InChI=1S/C9H13N3O/c10-12-8(13)9(3-1-4-9)7-2-5-11-6-7/h2,5-6,11H,1,3-4,10H2,(H,12,13). The van der Waals surface area contributed by atoms with Crippen LogP contribution in [0.15, 0.2) is 18.5 Å². The first kappa shape index (κ1) is 8.31. The van der Waals surface area contributed by atoms with Crippen molar-refractivity contribution in [3.8, 4) is 0 Å². The van der Waals surface area contributed by atoms with Crippen LogP contribution >= 0.6 is 0 Å². The number of hydrogen-bond acceptors (Lipinski definition) is 2. The van der Waals surface area contributed by atoms with Crippen LogP contribution in [0.5, 0.6) is 0 Å². The number of aromatic nitrogens is 1. The molecule has 1 aromatic rings. The molecular weight excluding hydrogens is 166 g/mol. The van der Waals surface area contributed by atoms with Crippen LogP contribution in [-0.4, -0.2) is 10.9 Å². The lowest BCUT2D eigenvalue weighted by Crippen LogP contribution is -2.51. The zero-order chi connectivity index (χ0) is 9.31. The summed E-state index contributed by atoms with van der Waals surface area (Å²) in [6.45, 7) is 0. The second-order valence-corrected chi connectivity index (χ2v) is 3.51. The third kappa shape index (κ3) is 1.06. The second-order valence-electron chi connectivity index (χ2n) is 3.51. The molecule has 0 spiro atoms. The number of carbonyl (C=O) groups excluding carboxylic acids is 1. The van der Waals surface area contributed by atoms with Gasteiger partial charge in [-0.05, 0) is 24.5 Å². The highest BCUT2D eigenvalue weighted by atomic mass is 16.2. The van der Waals surface area contributed by atoms with Crippen molar-refractivity contribution in [2.24, 2.45) is 5.84 Å². The predicted octanol–water partition coefficient (Wildman–Crippen LogP) is 0.426. The van der Waals surface area contributed by atoms with Gasteiger partial charge in [-0.3, -0.25) is 10.2 Å². The first-order valence-corrected chi connectivity index (χ1v) is 4.44. The fraction of sp³-hybridized carbons (Fsp3) is 0.444. The first-order valence-electron chi connectivity index (χ1n) is 4.44. The van der Waals surface area contributed by atoms with E-state index in [1.54, 1.807) is 0 Å². The molecule has 0 aromatic carbocycles. The van der Waals surface area contributed by atoms with Crippen molar-refractivity contribution in [2.45, 2.75) is 24.7 Å². The predicted molar refractivity (Wildman–Crippen MR) is 48.7 cm³/mol.